The summed E-state index contributed by atoms with van der Waals surface area (Å²) in [5.41, 5.74) is 0. The van der Waals surface area contributed by atoms with Crippen LogP contribution in [0.15, 0.2) is 12.7 Å². The second-order valence-electron chi connectivity index (χ2n) is 2.00. The summed E-state index contributed by atoms with van der Waals surface area (Å²) in [6.45, 7) is 3.45. The van der Waals surface area contributed by atoms with E-state index in [1.165, 1.54) is 6.08 Å². The van der Waals surface area contributed by atoms with Gasteiger partial charge in [-0.25, -0.2) is 0 Å². The number of allylic oxidation sites excluding steroid dienone is 1. The van der Waals surface area contributed by atoms with E-state index in [1.54, 1.807) is 6.29 Å². The van der Waals surface area contributed by atoms with Gasteiger partial charge in [0.25, 0.3) is 0 Å². The summed E-state index contributed by atoms with van der Waals surface area (Å²) in [4.78, 5) is 19.7. The van der Waals surface area contributed by atoms with E-state index in [-0.39, 0.29) is 5.92 Å². The van der Waals surface area contributed by atoms with E-state index in [9.17, 15) is 9.59 Å². The monoisotopic (exact) mass is 138 g/mol. The lowest BCUT2D eigenvalue weighted by Gasteiger charge is -1.98. The molecule has 0 amide bonds. The molecule has 0 fully saturated rings. The molecular weight excluding hydrogens is 128 g/mol. The molecule has 0 saturated carbocycles. The minimum absolute atomic E-state index is 0.214. The van der Waals surface area contributed by atoms with Gasteiger partial charge in [0, 0.05) is 12.3 Å². The van der Waals surface area contributed by atoms with E-state index >= 15 is 0 Å². The van der Waals surface area contributed by atoms with Gasteiger partial charge in [0.2, 0.25) is 6.29 Å². The highest BCUT2D eigenvalue weighted by atomic mass is 16.1. The average molecular weight is 138 g/mol. The van der Waals surface area contributed by atoms with Crippen molar-refractivity contribution in [1.82, 2.24) is 0 Å². The van der Waals surface area contributed by atoms with Crippen LogP contribution in [0.1, 0.15) is 19.3 Å². The van der Waals surface area contributed by atoms with E-state index < -0.39 is 0 Å². The van der Waals surface area contributed by atoms with Crippen LogP contribution in [0.2, 0.25) is 0 Å². The SMILES string of the molecule is C=CC([C]=O)CCC[C]=O. The van der Waals surface area contributed by atoms with Gasteiger partial charge in [-0.1, -0.05) is 6.08 Å². The van der Waals surface area contributed by atoms with Crippen LogP contribution < -0.4 is 0 Å². The number of hydrogen-bond acceptors (Lipinski definition) is 2. The minimum atomic E-state index is -0.214. The third-order valence-electron chi connectivity index (χ3n) is 1.23. The van der Waals surface area contributed by atoms with E-state index in [0.29, 0.717) is 19.3 Å². The molecule has 1 unspecified atom stereocenters. The zero-order valence-electron chi connectivity index (χ0n) is 5.80. The standard InChI is InChI=1S/C8H10O2/c1-2-8(7-10)5-3-4-6-9/h2,8H,1,3-5H2. The summed E-state index contributed by atoms with van der Waals surface area (Å²) in [7, 11) is 0. The first kappa shape index (κ1) is 9.08. The summed E-state index contributed by atoms with van der Waals surface area (Å²) in [6.07, 6.45) is 6.85. The Hall–Kier alpha value is -0.920. The molecule has 0 spiro atoms. The molecule has 2 nitrogen and oxygen atoms in total. The van der Waals surface area contributed by atoms with Crippen LogP contribution in [0, 0.1) is 5.92 Å². The van der Waals surface area contributed by atoms with Gasteiger partial charge in [-0.2, -0.15) is 0 Å². The van der Waals surface area contributed by atoms with Crippen LogP contribution in [0.25, 0.3) is 0 Å². The Balaban J connectivity index is 3.34. The fourth-order valence-corrected chi connectivity index (χ4v) is 0.619. The minimum Gasteiger partial charge on any atom is -0.291 e. The van der Waals surface area contributed by atoms with Crippen molar-refractivity contribution in [2.75, 3.05) is 0 Å². The normalized spacial score (nSPS) is 12.0. The van der Waals surface area contributed by atoms with Gasteiger partial charge >= 0.3 is 0 Å². The van der Waals surface area contributed by atoms with E-state index in [2.05, 4.69) is 6.58 Å². The Morgan fingerprint density at radius 2 is 2.20 bits per heavy atom. The zero-order chi connectivity index (χ0) is 7.82. The summed E-state index contributed by atoms with van der Waals surface area (Å²) >= 11 is 0. The molecule has 0 aliphatic carbocycles. The molecule has 0 heterocycles. The van der Waals surface area contributed by atoms with Crippen molar-refractivity contribution in [1.29, 1.82) is 0 Å². The highest BCUT2D eigenvalue weighted by Gasteiger charge is 2.01. The van der Waals surface area contributed by atoms with Crippen molar-refractivity contribution in [2.45, 2.75) is 19.3 Å². The Kier molecular flexibility index (Phi) is 5.63. The summed E-state index contributed by atoms with van der Waals surface area (Å²) in [6, 6.07) is 0. The predicted octanol–water partition coefficient (Wildman–Crippen LogP) is 1.18. The molecule has 0 N–H and O–H groups in total. The average Bonchev–Trinajstić information content (AvgIpc) is 1.99. The van der Waals surface area contributed by atoms with Crippen molar-refractivity contribution < 1.29 is 9.59 Å². The first-order chi connectivity index (χ1) is 4.85. The lowest BCUT2D eigenvalue weighted by molar-refractivity contribution is 0.522. The molecule has 1 atom stereocenters. The van der Waals surface area contributed by atoms with Gasteiger partial charge < -0.3 is 0 Å². The van der Waals surface area contributed by atoms with Crippen LogP contribution in [-0.2, 0) is 9.59 Å². The van der Waals surface area contributed by atoms with Crippen LogP contribution in [0.3, 0.4) is 0 Å². The smallest absolute Gasteiger partial charge is 0.205 e. The van der Waals surface area contributed by atoms with Crippen LogP contribution in [-0.4, -0.2) is 12.6 Å². The maximum atomic E-state index is 10.0. The molecule has 0 aromatic carbocycles. The maximum absolute atomic E-state index is 10.0. The van der Waals surface area contributed by atoms with E-state index in [1.807, 2.05) is 6.29 Å². The second kappa shape index (κ2) is 6.20. The summed E-state index contributed by atoms with van der Waals surface area (Å²) in [5, 5.41) is 0. The van der Waals surface area contributed by atoms with Crippen molar-refractivity contribution in [2.24, 2.45) is 5.92 Å². The maximum Gasteiger partial charge on any atom is 0.205 e. The first-order valence-corrected chi connectivity index (χ1v) is 3.20. The van der Waals surface area contributed by atoms with Crippen LogP contribution in [0.5, 0.6) is 0 Å². The topological polar surface area (TPSA) is 34.1 Å². The van der Waals surface area contributed by atoms with Gasteiger partial charge in [0.1, 0.15) is 0 Å². The molecule has 0 rings (SSSR count). The summed E-state index contributed by atoms with van der Waals surface area (Å²) in [5.74, 6) is -0.214. The molecule has 0 aliphatic heterocycles. The fourth-order valence-electron chi connectivity index (χ4n) is 0.619. The number of rotatable bonds is 6. The Bertz CT molecular complexity index is 110. The van der Waals surface area contributed by atoms with Crippen molar-refractivity contribution in [3.05, 3.63) is 12.7 Å². The van der Waals surface area contributed by atoms with E-state index in [0.717, 1.165) is 0 Å². The largest absolute Gasteiger partial charge is 0.291 e. The highest BCUT2D eigenvalue weighted by molar-refractivity contribution is 5.57. The van der Waals surface area contributed by atoms with Gasteiger partial charge in [0.15, 0.2) is 6.29 Å². The lowest BCUT2D eigenvalue weighted by atomic mass is 10.0. The number of hydrogen-bond donors (Lipinski definition) is 0. The molecule has 10 heavy (non-hydrogen) atoms. The van der Waals surface area contributed by atoms with Crippen molar-refractivity contribution in [3.8, 4) is 0 Å². The van der Waals surface area contributed by atoms with Crippen LogP contribution in [0.4, 0.5) is 0 Å². The molecule has 0 aliphatic rings. The van der Waals surface area contributed by atoms with Gasteiger partial charge in [-0.3, -0.25) is 9.59 Å². The summed E-state index contributed by atoms with van der Waals surface area (Å²) < 4.78 is 0. The Morgan fingerprint density at radius 1 is 1.50 bits per heavy atom. The molecule has 0 saturated heterocycles. The molecule has 2 heteroatoms. The quantitative estimate of drug-likeness (QED) is 0.408. The third kappa shape index (κ3) is 4.01. The molecule has 0 aromatic rings. The number of unbranched alkanes of at least 4 members (excludes halogenated alkanes) is 1. The highest BCUT2D eigenvalue weighted by Crippen LogP contribution is 2.05. The Labute approximate surface area is 60.9 Å². The zero-order valence-corrected chi connectivity index (χ0v) is 5.80. The van der Waals surface area contributed by atoms with Gasteiger partial charge in [0.05, 0.1) is 0 Å². The van der Waals surface area contributed by atoms with Gasteiger partial charge in [-0.15, -0.1) is 6.58 Å². The third-order valence-corrected chi connectivity index (χ3v) is 1.23. The van der Waals surface area contributed by atoms with Gasteiger partial charge in [-0.05, 0) is 12.8 Å². The Morgan fingerprint density at radius 3 is 2.60 bits per heavy atom. The molecule has 54 valence electrons. The molecule has 0 bridgehead atoms. The molecular formula is C8H10O2. The second-order valence-corrected chi connectivity index (χ2v) is 2.00. The van der Waals surface area contributed by atoms with Crippen LogP contribution >= 0.6 is 0 Å². The van der Waals surface area contributed by atoms with E-state index in [4.69, 9.17) is 0 Å². The first-order valence-electron chi connectivity index (χ1n) is 3.20. The fraction of sp³-hybridized carbons (Fsp3) is 0.500. The number of carbonyl (C=O) groups excluding carboxylic acids is 2. The lowest BCUT2D eigenvalue weighted by Crippen LogP contribution is -1.96. The molecule has 2 radical (unpaired) electrons. The predicted molar refractivity (Wildman–Crippen MR) is 38.9 cm³/mol. The van der Waals surface area contributed by atoms with Crippen molar-refractivity contribution in [3.63, 3.8) is 0 Å². The van der Waals surface area contributed by atoms with Crippen molar-refractivity contribution >= 4 is 12.6 Å². The molecule has 0 aromatic heterocycles.